The normalized spacial score (nSPS) is 12.0. The molecule has 1 unspecified atom stereocenters. The van der Waals surface area contributed by atoms with Gasteiger partial charge in [-0.05, 0) is 37.7 Å². The van der Waals surface area contributed by atoms with Gasteiger partial charge < -0.3 is 10.1 Å². The van der Waals surface area contributed by atoms with Crippen LogP contribution in [0.25, 0.3) is 0 Å². The van der Waals surface area contributed by atoms with E-state index in [9.17, 15) is 10.1 Å². The van der Waals surface area contributed by atoms with Crippen molar-refractivity contribution in [2.45, 2.75) is 13.0 Å². The number of halogens is 1. The summed E-state index contributed by atoms with van der Waals surface area (Å²) in [4.78, 5) is 10.5. The van der Waals surface area contributed by atoms with Crippen LogP contribution in [0.5, 0.6) is 11.5 Å². The molecule has 0 heterocycles. The maximum absolute atomic E-state index is 11.0. The summed E-state index contributed by atoms with van der Waals surface area (Å²) < 4.78 is 5.58. The van der Waals surface area contributed by atoms with Crippen molar-refractivity contribution in [2.75, 3.05) is 7.05 Å². The summed E-state index contributed by atoms with van der Waals surface area (Å²) >= 11 is 6.19. The smallest absolute Gasteiger partial charge is 0.311 e. The summed E-state index contributed by atoms with van der Waals surface area (Å²) in [5, 5.41) is 14.5. The number of nitrogens with zero attached hydrogens (tertiary/aromatic N) is 1. The van der Waals surface area contributed by atoms with Gasteiger partial charge in [0.1, 0.15) is 5.75 Å². The number of nitrogens with one attached hydrogen (secondary N) is 1. The van der Waals surface area contributed by atoms with Crippen molar-refractivity contribution in [3.63, 3.8) is 0 Å². The summed E-state index contributed by atoms with van der Waals surface area (Å²) in [6.45, 7) is 2.01. The lowest BCUT2D eigenvalue weighted by Gasteiger charge is -2.13. The van der Waals surface area contributed by atoms with Crippen molar-refractivity contribution < 1.29 is 9.66 Å². The van der Waals surface area contributed by atoms with Crippen LogP contribution < -0.4 is 10.1 Å². The molecule has 0 aliphatic heterocycles. The fraction of sp³-hybridized carbons (Fsp3) is 0.200. The minimum absolute atomic E-state index is 0.0961. The zero-order valence-electron chi connectivity index (χ0n) is 11.7. The van der Waals surface area contributed by atoms with Gasteiger partial charge in [-0.25, -0.2) is 0 Å². The predicted molar refractivity (Wildman–Crippen MR) is 82.1 cm³/mol. The van der Waals surface area contributed by atoms with Crippen LogP contribution in [0.4, 0.5) is 5.69 Å². The summed E-state index contributed by atoms with van der Waals surface area (Å²) in [6, 6.07) is 11.7. The van der Waals surface area contributed by atoms with Gasteiger partial charge in [-0.1, -0.05) is 29.8 Å². The molecule has 110 valence electrons. The number of nitro groups is 1. The molecule has 0 aromatic heterocycles. The standard InChI is InChI=1S/C15H15ClN2O3/c1-10(17-2)11-7-8-14(12(16)9-11)21-15-6-4-3-5-13(15)18(19)20/h3-10,17H,1-2H3. The Morgan fingerprint density at radius 2 is 1.95 bits per heavy atom. The van der Waals surface area contributed by atoms with Crippen molar-refractivity contribution in [3.8, 4) is 11.5 Å². The zero-order chi connectivity index (χ0) is 15.4. The molecule has 0 saturated carbocycles. The molecule has 0 aliphatic carbocycles. The van der Waals surface area contributed by atoms with Crippen LogP contribution in [-0.4, -0.2) is 12.0 Å². The van der Waals surface area contributed by atoms with Gasteiger partial charge in [-0.15, -0.1) is 0 Å². The van der Waals surface area contributed by atoms with E-state index in [0.717, 1.165) is 5.56 Å². The van der Waals surface area contributed by atoms with Crippen LogP contribution >= 0.6 is 11.6 Å². The molecule has 0 spiro atoms. The lowest BCUT2D eigenvalue weighted by molar-refractivity contribution is -0.385. The van der Waals surface area contributed by atoms with Gasteiger partial charge in [-0.2, -0.15) is 0 Å². The van der Waals surface area contributed by atoms with Crippen molar-refractivity contribution in [1.29, 1.82) is 0 Å². The Hall–Kier alpha value is -2.11. The number of para-hydroxylation sites is 2. The first kappa shape index (κ1) is 15.3. The highest BCUT2D eigenvalue weighted by molar-refractivity contribution is 6.32. The Kier molecular flexibility index (Phi) is 4.77. The molecule has 2 aromatic rings. The molecule has 1 N–H and O–H groups in total. The third kappa shape index (κ3) is 3.51. The Morgan fingerprint density at radius 3 is 2.57 bits per heavy atom. The Bertz CT molecular complexity index is 661. The van der Waals surface area contributed by atoms with Crippen LogP contribution in [0.15, 0.2) is 42.5 Å². The molecule has 5 nitrogen and oxygen atoms in total. The lowest BCUT2D eigenvalue weighted by atomic mass is 10.1. The molecule has 2 aromatic carbocycles. The molecular formula is C15H15ClN2O3. The van der Waals surface area contributed by atoms with E-state index in [2.05, 4.69) is 5.32 Å². The Balaban J connectivity index is 2.31. The van der Waals surface area contributed by atoms with Crippen molar-refractivity contribution in [2.24, 2.45) is 0 Å². The average molecular weight is 307 g/mol. The number of ether oxygens (including phenoxy) is 1. The first-order valence-electron chi connectivity index (χ1n) is 6.41. The highest BCUT2D eigenvalue weighted by Crippen LogP contribution is 2.35. The van der Waals surface area contributed by atoms with E-state index >= 15 is 0 Å². The summed E-state index contributed by atoms with van der Waals surface area (Å²) in [5.41, 5.74) is 0.915. The minimum atomic E-state index is -0.485. The van der Waals surface area contributed by atoms with E-state index in [0.29, 0.717) is 10.8 Å². The number of nitro benzene ring substituents is 1. The summed E-state index contributed by atoms with van der Waals surface area (Å²) in [7, 11) is 1.86. The maximum atomic E-state index is 11.0. The second-order valence-electron chi connectivity index (χ2n) is 4.53. The van der Waals surface area contributed by atoms with Gasteiger partial charge >= 0.3 is 5.69 Å². The second kappa shape index (κ2) is 6.56. The van der Waals surface area contributed by atoms with Crippen LogP contribution in [0, 0.1) is 10.1 Å². The quantitative estimate of drug-likeness (QED) is 0.660. The Morgan fingerprint density at radius 1 is 1.24 bits per heavy atom. The number of benzene rings is 2. The lowest BCUT2D eigenvalue weighted by Crippen LogP contribution is -2.12. The molecule has 0 saturated heterocycles. The molecule has 0 fully saturated rings. The van der Waals surface area contributed by atoms with Gasteiger partial charge in [0, 0.05) is 12.1 Å². The van der Waals surface area contributed by atoms with E-state index in [1.54, 1.807) is 30.3 Å². The molecule has 1 atom stereocenters. The third-order valence-electron chi connectivity index (χ3n) is 3.17. The molecule has 0 aliphatic rings. The van der Waals surface area contributed by atoms with Gasteiger partial charge in [-0.3, -0.25) is 10.1 Å². The fourth-order valence-corrected chi connectivity index (χ4v) is 2.08. The van der Waals surface area contributed by atoms with E-state index in [1.165, 1.54) is 6.07 Å². The van der Waals surface area contributed by atoms with Crippen LogP contribution in [-0.2, 0) is 0 Å². The fourth-order valence-electron chi connectivity index (χ4n) is 1.85. The number of hydrogen-bond acceptors (Lipinski definition) is 4. The monoisotopic (exact) mass is 306 g/mol. The molecule has 6 heteroatoms. The molecule has 21 heavy (non-hydrogen) atoms. The molecule has 0 amide bonds. The van der Waals surface area contributed by atoms with Gasteiger partial charge in [0.2, 0.25) is 5.75 Å². The first-order valence-corrected chi connectivity index (χ1v) is 6.78. The number of hydrogen-bond donors (Lipinski definition) is 1. The van der Waals surface area contributed by atoms with Gasteiger partial charge in [0.05, 0.1) is 9.95 Å². The van der Waals surface area contributed by atoms with Crippen molar-refractivity contribution >= 4 is 17.3 Å². The van der Waals surface area contributed by atoms with Crippen LogP contribution in [0.3, 0.4) is 0 Å². The second-order valence-corrected chi connectivity index (χ2v) is 4.93. The summed E-state index contributed by atoms with van der Waals surface area (Å²) in [6.07, 6.45) is 0. The van der Waals surface area contributed by atoms with E-state index < -0.39 is 4.92 Å². The Labute approximate surface area is 127 Å². The van der Waals surface area contributed by atoms with E-state index in [4.69, 9.17) is 16.3 Å². The van der Waals surface area contributed by atoms with Crippen LogP contribution in [0.1, 0.15) is 18.5 Å². The third-order valence-corrected chi connectivity index (χ3v) is 3.47. The SMILES string of the molecule is CNC(C)c1ccc(Oc2ccccc2[N+](=O)[O-])c(Cl)c1. The predicted octanol–water partition coefficient (Wildman–Crippen LogP) is 4.32. The molecular weight excluding hydrogens is 292 g/mol. The number of rotatable bonds is 5. The average Bonchev–Trinajstić information content (AvgIpc) is 2.48. The molecule has 0 radical (unpaired) electrons. The summed E-state index contributed by atoms with van der Waals surface area (Å²) in [5.74, 6) is 0.553. The van der Waals surface area contributed by atoms with Crippen molar-refractivity contribution in [3.05, 3.63) is 63.2 Å². The zero-order valence-corrected chi connectivity index (χ0v) is 12.4. The maximum Gasteiger partial charge on any atom is 0.311 e. The molecule has 0 bridgehead atoms. The van der Waals surface area contributed by atoms with Gasteiger partial charge in [0.15, 0.2) is 0 Å². The minimum Gasteiger partial charge on any atom is -0.449 e. The van der Waals surface area contributed by atoms with Crippen molar-refractivity contribution in [1.82, 2.24) is 5.32 Å². The van der Waals surface area contributed by atoms with Crippen LogP contribution in [0.2, 0.25) is 5.02 Å². The highest BCUT2D eigenvalue weighted by atomic mass is 35.5. The molecule has 2 rings (SSSR count). The highest BCUT2D eigenvalue weighted by Gasteiger charge is 2.16. The topological polar surface area (TPSA) is 64.4 Å². The van der Waals surface area contributed by atoms with Gasteiger partial charge in [0.25, 0.3) is 0 Å². The largest absolute Gasteiger partial charge is 0.449 e. The van der Waals surface area contributed by atoms with E-state index in [-0.39, 0.29) is 17.5 Å². The first-order chi connectivity index (χ1) is 10.0. The van der Waals surface area contributed by atoms with E-state index in [1.807, 2.05) is 20.0 Å².